The first-order chi connectivity index (χ1) is 8.25. The SMILES string of the molecule is O=C(CCOc1ccc(Br)cc1)N1CCCO1. The van der Waals surface area contributed by atoms with Crippen molar-refractivity contribution in [3.63, 3.8) is 0 Å². The molecule has 0 atom stereocenters. The van der Waals surface area contributed by atoms with Gasteiger partial charge in [-0.15, -0.1) is 0 Å². The van der Waals surface area contributed by atoms with Gasteiger partial charge in [-0.05, 0) is 30.7 Å². The van der Waals surface area contributed by atoms with Crippen LogP contribution in [-0.4, -0.2) is 30.7 Å². The van der Waals surface area contributed by atoms with Crippen molar-refractivity contribution in [1.29, 1.82) is 0 Å². The number of amides is 1. The van der Waals surface area contributed by atoms with Crippen LogP contribution in [0.4, 0.5) is 0 Å². The number of benzene rings is 1. The lowest BCUT2D eigenvalue weighted by Gasteiger charge is -2.13. The third kappa shape index (κ3) is 3.71. The smallest absolute Gasteiger partial charge is 0.249 e. The minimum atomic E-state index is -0.0142. The van der Waals surface area contributed by atoms with Gasteiger partial charge in [0, 0.05) is 4.47 Å². The minimum Gasteiger partial charge on any atom is -0.493 e. The highest BCUT2D eigenvalue weighted by atomic mass is 79.9. The van der Waals surface area contributed by atoms with Crippen LogP contribution in [0, 0.1) is 0 Å². The summed E-state index contributed by atoms with van der Waals surface area (Å²) in [5.41, 5.74) is 0. The second-order valence-electron chi connectivity index (χ2n) is 3.74. The Kier molecular flexibility index (Phi) is 4.39. The Morgan fingerprint density at radius 3 is 2.82 bits per heavy atom. The van der Waals surface area contributed by atoms with Crippen LogP contribution < -0.4 is 4.74 Å². The van der Waals surface area contributed by atoms with E-state index in [-0.39, 0.29) is 5.91 Å². The number of ether oxygens (including phenoxy) is 1. The number of hydroxylamine groups is 2. The summed E-state index contributed by atoms with van der Waals surface area (Å²) in [6, 6.07) is 7.53. The normalized spacial score (nSPS) is 15.0. The van der Waals surface area contributed by atoms with Crippen LogP contribution in [0.1, 0.15) is 12.8 Å². The van der Waals surface area contributed by atoms with Gasteiger partial charge in [-0.2, -0.15) is 0 Å². The molecule has 0 aliphatic carbocycles. The number of carbonyl (C=O) groups excluding carboxylic acids is 1. The number of hydrogen-bond acceptors (Lipinski definition) is 3. The lowest BCUT2D eigenvalue weighted by atomic mass is 10.3. The van der Waals surface area contributed by atoms with Gasteiger partial charge in [-0.1, -0.05) is 15.9 Å². The van der Waals surface area contributed by atoms with E-state index in [2.05, 4.69) is 15.9 Å². The fourth-order valence-corrected chi connectivity index (χ4v) is 1.82. The van der Waals surface area contributed by atoms with E-state index in [1.165, 1.54) is 5.06 Å². The van der Waals surface area contributed by atoms with Crippen LogP contribution in [0.15, 0.2) is 28.7 Å². The molecule has 1 amide bonds. The number of rotatable bonds is 4. The number of nitrogens with zero attached hydrogens (tertiary/aromatic N) is 1. The van der Waals surface area contributed by atoms with Crippen LogP contribution in [0.3, 0.4) is 0 Å². The van der Waals surface area contributed by atoms with E-state index in [1.54, 1.807) is 0 Å². The molecule has 1 saturated heterocycles. The van der Waals surface area contributed by atoms with E-state index >= 15 is 0 Å². The molecule has 4 nitrogen and oxygen atoms in total. The molecule has 0 N–H and O–H groups in total. The first kappa shape index (κ1) is 12.4. The second kappa shape index (κ2) is 6.02. The van der Waals surface area contributed by atoms with Crippen LogP contribution in [0.2, 0.25) is 0 Å². The topological polar surface area (TPSA) is 38.8 Å². The van der Waals surface area contributed by atoms with Crippen molar-refractivity contribution in [2.24, 2.45) is 0 Å². The van der Waals surface area contributed by atoms with Crippen molar-refractivity contribution >= 4 is 21.8 Å². The Hall–Kier alpha value is -1.07. The van der Waals surface area contributed by atoms with Gasteiger partial charge in [0.15, 0.2) is 0 Å². The van der Waals surface area contributed by atoms with Crippen molar-refractivity contribution in [3.05, 3.63) is 28.7 Å². The maximum Gasteiger partial charge on any atom is 0.249 e. The molecule has 0 aromatic heterocycles. The highest BCUT2D eigenvalue weighted by Crippen LogP contribution is 2.16. The van der Waals surface area contributed by atoms with E-state index < -0.39 is 0 Å². The summed E-state index contributed by atoms with van der Waals surface area (Å²) < 4.78 is 6.47. The molecule has 1 aliphatic heterocycles. The van der Waals surface area contributed by atoms with Gasteiger partial charge >= 0.3 is 0 Å². The average molecular weight is 300 g/mol. The fourth-order valence-electron chi connectivity index (χ4n) is 1.56. The quantitative estimate of drug-likeness (QED) is 0.857. The molecule has 5 heteroatoms. The standard InChI is InChI=1S/C12H14BrNO3/c13-10-2-4-11(5-3-10)16-9-6-12(15)14-7-1-8-17-14/h2-5H,1,6-9H2. The highest BCUT2D eigenvalue weighted by Gasteiger charge is 2.18. The zero-order chi connectivity index (χ0) is 12.1. The summed E-state index contributed by atoms with van der Waals surface area (Å²) in [7, 11) is 0. The largest absolute Gasteiger partial charge is 0.493 e. The van der Waals surface area contributed by atoms with Crippen LogP contribution in [0.5, 0.6) is 5.75 Å². The molecule has 17 heavy (non-hydrogen) atoms. The lowest BCUT2D eigenvalue weighted by Crippen LogP contribution is -2.27. The third-order valence-corrected chi connectivity index (χ3v) is 2.96. The van der Waals surface area contributed by atoms with Crippen molar-refractivity contribution in [3.8, 4) is 5.75 Å². The van der Waals surface area contributed by atoms with Crippen LogP contribution in [-0.2, 0) is 9.63 Å². The molecule has 0 radical (unpaired) electrons. The monoisotopic (exact) mass is 299 g/mol. The predicted molar refractivity (Wildman–Crippen MR) is 66.5 cm³/mol. The molecule has 1 aliphatic rings. The maximum atomic E-state index is 11.6. The van der Waals surface area contributed by atoms with Crippen LogP contribution >= 0.6 is 15.9 Å². The van der Waals surface area contributed by atoms with E-state index in [1.807, 2.05) is 24.3 Å². The molecule has 92 valence electrons. The van der Waals surface area contributed by atoms with Crippen molar-refractivity contribution in [2.45, 2.75) is 12.8 Å². The molecule has 1 fully saturated rings. The Morgan fingerprint density at radius 2 is 2.18 bits per heavy atom. The second-order valence-corrected chi connectivity index (χ2v) is 4.65. The highest BCUT2D eigenvalue weighted by molar-refractivity contribution is 9.10. The lowest BCUT2D eigenvalue weighted by molar-refractivity contribution is -0.169. The third-order valence-electron chi connectivity index (χ3n) is 2.43. The van der Waals surface area contributed by atoms with Gasteiger partial charge in [0.05, 0.1) is 26.2 Å². The van der Waals surface area contributed by atoms with E-state index in [4.69, 9.17) is 9.57 Å². The first-order valence-corrected chi connectivity index (χ1v) is 6.36. The van der Waals surface area contributed by atoms with Gasteiger partial charge in [0.25, 0.3) is 0 Å². The molecule has 0 spiro atoms. The van der Waals surface area contributed by atoms with E-state index in [0.29, 0.717) is 26.2 Å². The zero-order valence-electron chi connectivity index (χ0n) is 9.39. The minimum absolute atomic E-state index is 0.0142. The zero-order valence-corrected chi connectivity index (χ0v) is 11.0. The molecule has 1 aromatic rings. The predicted octanol–water partition coefficient (Wildman–Crippen LogP) is 2.38. The van der Waals surface area contributed by atoms with Crippen molar-refractivity contribution < 1.29 is 14.4 Å². The fraction of sp³-hybridized carbons (Fsp3) is 0.417. The summed E-state index contributed by atoms with van der Waals surface area (Å²) in [5.74, 6) is 0.753. The van der Waals surface area contributed by atoms with Crippen molar-refractivity contribution in [2.75, 3.05) is 19.8 Å². The van der Waals surface area contributed by atoms with Gasteiger partial charge in [0.2, 0.25) is 5.91 Å². The molecule has 0 bridgehead atoms. The van der Waals surface area contributed by atoms with E-state index in [9.17, 15) is 4.79 Å². The Labute approximate surface area is 109 Å². The molecular weight excluding hydrogens is 286 g/mol. The maximum absolute atomic E-state index is 11.6. The average Bonchev–Trinajstić information content (AvgIpc) is 2.85. The molecule has 1 aromatic carbocycles. The first-order valence-electron chi connectivity index (χ1n) is 5.57. The summed E-state index contributed by atoms with van der Waals surface area (Å²) in [6.45, 7) is 1.71. The van der Waals surface area contributed by atoms with E-state index in [0.717, 1.165) is 16.6 Å². The Morgan fingerprint density at radius 1 is 1.41 bits per heavy atom. The molecule has 1 heterocycles. The Bertz CT molecular complexity index is 374. The summed E-state index contributed by atoms with van der Waals surface area (Å²) >= 11 is 3.35. The van der Waals surface area contributed by atoms with Gasteiger partial charge in [-0.3, -0.25) is 9.63 Å². The van der Waals surface area contributed by atoms with Crippen LogP contribution in [0.25, 0.3) is 0 Å². The van der Waals surface area contributed by atoms with Crippen molar-refractivity contribution in [1.82, 2.24) is 5.06 Å². The molecule has 0 saturated carbocycles. The molecule has 2 rings (SSSR count). The summed E-state index contributed by atoms with van der Waals surface area (Å²) in [5, 5.41) is 1.42. The summed E-state index contributed by atoms with van der Waals surface area (Å²) in [4.78, 5) is 16.8. The van der Waals surface area contributed by atoms with Gasteiger partial charge in [0.1, 0.15) is 5.75 Å². The van der Waals surface area contributed by atoms with Gasteiger partial charge < -0.3 is 4.74 Å². The number of halogens is 1. The number of hydrogen-bond donors (Lipinski definition) is 0. The van der Waals surface area contributed by atoms with Gasteiger partial charge in [-0.25, -0.2) is 5.06 Å². The number of carbonyl (C=O) groups is 1. The molecular formula is C12H14BrNO3. The summed E-state index contributed by atoms with van der Waals surface area (Å²) in [6.07, 6.45) is 1.26. The molecule has 0 unspecified atom stereocenters. The Balaban J connectivity index is 1.72.